The molecule has 1 aliphatic rings. The van der Waals surface area contributed by atoms with E-state index < -0.39 is 0 Å². The number of hydrogen-bond donors (Lipinski definition) is 1. The third-order valence-electron chi connectivity index (χ3n) is 1.91. The van der Waals surface area contributed by atoms with Crippen LogP contribution in [-0.2, 0) is 0 Å². The third-order valence-corrected chi connectivity index (χ3v) is 1.91. The van der Waals surface area contributed by atoms with Crippen molar-refractivity contribution in [1.29, 1.82) is 5.41 Å². The lowest BCUT2D eigenvalue weighted by Crippen LogP contribution is -2.21. The molecule has 0 atom stereocenters. The van der Waals surface area contributed by atoms with Crippen molar-refractivity contribution in [3.63, 3.8) is 0 Å². The molecule has 1 N–H and O–H groups in total. The summed E-state index contributed by atoms with van der Waals surface area (Å²) in [5.41, 5.74) is 0.999. The lowest BCUT2D eigenvalue weighted by molar-refractivity contribution is 0.350. The van der Waals surface area contributed by atoms with E-state index in [0.29, 0.717) is 0 Å². The second-order valence-electron chi connectivity index (χ2n) is 3.53. The highest BCUT2D eigenvalue weighted by Gasteiger charge is 2.32. The van der Waals surface area contributed by atoms with E-state index in [1.165, 1.54) is 0 Å². The molecule has 0 aliphatic carbocycles. The molecule has 0 spiro atoms. The predicted molar refractivity (Wildman–Crippen MR) is 39.0 cm³/mol. The van der Waals surface area contributed by atoms with E-state index in [-0.39, 0.29) is 5.41 Å². The summed E-state index contributed by atoms with van der Waals surface area (Å²) in [5.74, 6) is 0. The first-order valence-electron chi connectivity index (χ1n) is 3.29. The third kappa shape index (κ3) is 1.13. The SMILES string of the molecule is CN1CC(=N)C(C)(C)C1. The number of likely N-dealkylation sites (tertiary alicyclic amines) is 1. The summed E-state index contributed by atoms with van der Waals surface area (Å²) < 4.78 is 0. The molecule has 0 bridgehead atoms. The van der Waals surface area contributed by atoms with Crippen molar-refractivity contribution in [2.75, 3.05) is 20.1 Å². The number of nitrogens with zero attached hydrogens (tertiary/aromatic N) is 1. The summed E-state index contributed by atoms with van der Waals surface area (Å²) in [5, 5.41) is 7.54. The Morgan fingerprint density at radius 2 is 2.11 bits per heavy atom. The summed E-state index contributed by atoms with van der Waals surface area (Å²) in [7, 11) is 2.06. The zero-order chi connectivity index (χ0) is 7.07. The van der Waals surface area contributed by atoms with Crippen LogP contribution < -0.4 is 0 Å². The van der Waals surface area contributed by atoms with Crippen LogP contribution in [0.5, 0.6) is 0 Å². The second-order valence-corrected chi connectivity index (χ2v) is 3.53. The molecule has 0 aromatic rings. The Hall–Kier alpha value is -0.370. The highest BCUT2D eigenvalue weighted by Crippen LogP contribution is 2.23. The maximum Gasteiger partial charge on any atom is 0.0364 e. The molecule has 1 rings (SSSR count). The van der Waals surface area contributed by atoms with Gasteiger partial charge in [-0.25, -0.2) is 0 Å². The van der Waals surface area contributed by atoms with Crippen LogP contribution in [0.4, 0.5) is 0 Å². The van der Waals surface area contributed by atoms with E-state index in [1.807, 2.05) is 0 Å². The van der Waals surface area contributed by atoms with Crippen molar-refractivity contribution >= 4 is 5.71 Å². The van der Waals surface area contributed by atoms with Gasteiger partial charge in [-0.05, 0) is 7.05 Å². The van der Waals surface area contributed by atoms with Crippen LogP contribution in [0.1, 0.15) is 13.8 Å². The number of rotatable bonds is 0. The van der Waals surface area contributed by atoms with Crippen LogP contribution in [-0.4, -0.2) is 30.7 Å². The Bertz CT molecular complexity index is 138. The molecular formula is C7H14N2. The molecule has 2 nitrogen and oxygen atoms in total. The van der Waals surface area contributed by atoms with Crippen molar-refractivity contribution < 1.29 is 0 Å². The normalized spacial score (nSPS) is 27.2. The molecule has 0 saturated carbocycles. The predicted octanol–water partition coefficient (Wildman–Crippen LogP) is 0.978. The van der Waals surface area contributed by atoms with Gasteiger partial charge in [-0.1, -0.05) is 13.8 Å². The fraction of sp³-hybridized carbons (Fsp3) is 0.857. The van der Waals surface area contributed by atoms with E-state index in [1.54, 1.807) is 0 Å². The quantitative estimate of drug-likeness (QED) is 0.514. The second kappa shape index (κ2) is 1.81. The van der Waals surface area contributed by atoms with Gasteiger partial charge in [-0.2, -0.15) is 0 Å². The number of nitrogens with one attached hydrogen (secondary N) is 1. The highest BCUT2D eigenvalue weighted by molar-refractivity contribution is 5.90. The maximum absolute atomic E-state index is 7.54. The van der Waals surface area contributed by atoms with Crippen LogP contribution in [0.3, 0.4) is 0 Å². The van der Waals surface area contributed by atoms with Crippen molar-refractivity contribution in [3.05, 3.63) is 0 Å². The highest BCUT2D eigenvalue weighted by atomic mass is 15.1. The summed E-state index contributed by atoms with van der Waals surface area (Å²) in [4.78, 5) is 2.18. The van der Waals surface area contributed by atoms with Gasteiger partial charge in [0.05, 0.1) is 0 Å². The van der Waals surface area contributed by atoms with Gasteiger partial charge in [0.25, 0.3) is 0 Å². The van der Waals surface area contributed by atoms with Gasteiger partial charge < -0.3 is 5.41 Å². The first kappa shape index (κ1) is 6.75. The average molecular weight is 126 g/mol. The maximum atomic E-state index is 7.54. The molecule has 0 aromatic heterocycles. The fourth-order valence-corrected chi connectivity index (χ4v) is 1.31. The molecule has 52 valence electrons. The Kier molecular flexibility index (Phi) is 1.35. The minimum Gasteiger partial charge on any atom is -0.308 e. The molecule has 0 aromatic carbocycles. The first-order chi connectivity index (χ1) is 4.02. The summed E-state index contributed by atoms with van der Waals surface area (Å²) in [6, 6.07) is 0. The summed E-state index contributed by atoms with van der Waals surface area (Å²) in [6.07, 6.45) is 0. The van der Waals surface area contributed by atoms with Gasteiger partial charge in [-0.15, -0.1) is 0 Å². The van der Waals surface area contributed by atoms with Crippen LogP contribution >= 0.6 is 0 Å². The van der Waals surface area contributed by atoms with Gasteiger partial charge in [0.15, 0.2) is 0 Å². The van der Waals surface area contributed by atoms with E-state index in [2.05, 4.69) is 25.8 Å². The van der Waals surface area contributed by atoms with E-state index in [4.69, 9.17) is 5.41 Å². The van der Waals surface area contributed by atoms with Crippen LogP contribution in [0.25, 0.3) is 0 Å². The Morgan fingerprint density at radius 1 is 1.56 bits per heavy atom. The molecule has 1 fully saturated rings. The van der Waals surface area contributed by atoms with Crippen LogP contribution in [0.15, 0.2) is 0 Å². The molecule has 0 radical (unpaired) electrons. The van der Waals surface area contributed by atoms with Gasteiger partial charge in [-0.3, -0.25) is 4.90 Å². The summed E-state index contributed by atoms with van der Waals surface area (Å²) in [6.45, 7) is 6.14. The minimum atomic E-state index is 0.134. The molecule has 0 unspecified atom stereocenters. The lowest BCUT2D eigenvalue weighted by Gasteiger charge is -2.15. The Labute approximate surface area is 56.4 Å². The van der Waals surface area contributed by atoms with Gasteiger partial charge in [0, 0.05) is 24.2 Å². The molecule has 1 heterocycles. The van der Waals surface area contributed by atoms with Crippen molar-refractivity contribution in [2.24, 2.45) is 5.41 Å². The molecule has 0 amide bonds. The fourth-order valence-electron chi connectivity index (χ4n) is 1.31. The van der Waals surface area contributed by atoms with Crippen molar-refractivity contribution in [1.82, 2.24) is 4.90 Å². The molecule has 2 heteroatoms. The van der Waals surface area contributed by atoms with Crippen molar-refractivity contribution in [2.45, 2.75) is 13.8 Å². The van der Waals surface area contributed by atoms with E-state index >= 15 is 0 Å². The topological polar surface area (TPSA) is 27.1 Å². The standard InChI is InChI=1S/C7H14N2/c1-7(2)5-9(3)4-6(7)8/h8H,4-5H2,1-3H3. The average Bonchev–Trinajstić information content (AvgIpc) is 1.79. The van der Waals surface area contributed by atoms with Crippen LogP contribution in [0.2, 0.25) is 0 Å². The first-order valence-corrected chi connectivity index (χ1v) is 3.29. The van der Waals surface area contributed by atoms with E-state index in [9.17, 15) is 0 Å². The van der Waals surface area contributed by atoms with Gasteiger partial charge in [0.2, 0.25) is 0 Å². The zero-order valence-corrected chi connectivity index (χ0v) is 6.36. The Morgan fingerprint density at radius 3 is 2.22 bits per heavy atom. The monoisotopic (exact) mass is 126 g/mol. The lowest BCUT2D eigenvalue weighted by atomic mass is 9.91. The molecular weight excluding hydrogens is 112 g/mol. The largest absolute Gasteiger partial charge is 0.308 e. The molecule has 1 saturated heterocycles. The zero-order valence-electron chi connectivity index (χ0n) is 6.36. The van der Waals surface area contributed by atoms with Crippen molar-refractivity contribution in [3.8, 4) is 0 Å². The number of hydrogen-bond acceptors (Lipinski definition) is 2. The molecule has 1 aliphatic heterocycles. The smallest absolute Gasteiger partial charge is 0.0364 e. The molecule has 9 heavy (non-hydrogen) atoms. The van der Waals surface area contributed by atoms with Gasteiger partial charge in [0.1, 0.15) is 0 Å². The van der Waals surface area contributed by atoms with Crippen LogP contribution in [0, 0.1) is 10.8 Å². The Balaban J connectivity index is 2.70. The van der Waals surface area contributed by atoms with E-state index in [0.717, 1.165) is 18.8 Å². The minimum absolute atomic E-state index is 0.134. The van der Waals surface area contributed by atoms with Gasteiger partial charge >= 0.3 is 0 Å². The summed E-state index contributed by atoms with van der Waals surface area (Å²) >= 11 is 0.